The van der Waals surface area contributed by atoms with Crippen molar-refractivity contribution >= 4 is 21.6 Å². The van der Waals surface area contributed by atoms with Crippen LogP contribution in [-0.4, -0.2) is 29.9 Å². The standard InChI is InChI=1S/C16H21NO2S/c1-19-16-9-8-13-6-3-4-7-14(13)15(16)12-17-10-5-11-20(2)18/h3-4,6-9,17H,5,10-12H2,1-2H3. The topological polar surface area (TPSA) is 38.3 Å². The third-order valence-electron chi connectivity index (χ3n) is 3.30. The number of hydrogen-bond donors (Lipinski definition) is 1. The Labute approximate surface area is 122 Å². The van der Waals surface area contributed by atoms with Crippen molar-refractivity contribution < 1.29 is 8.95 Å². The van der Waals surface area contributed by atoms with Gasteiger partial charge in [-0.15, -0.1) is 0 Å². The molecular formula is C16H21NO2S. The minimum Gasteiger partial charge on any atom is -0.496 e. The molecule has 108 valence electrons. The minimum absolute atomic E-state index is 0.706. The zero-order valence-corrected chi connectivity index (χ0v) is 12.8. The van der Waals surface area contributed by atoms with Crippen LogP contribution in [-0.2, 0) is 17.3 Å². The quantitative estimate of drug-likeness (QED) is 0.797. The monoisotopic (exact) mass is 291 g/mol. The lowest BCUT2D eigenvalue weighted by Crippen LogP contribution is -2.17. The van der Waals surface area contributed by atoms with E-state index < -0.39 is 10.8 Å². The summed E-state index contributed by atoms with van der Waals surface area (Å²) in [5.74, 6) is 1.66. The van der Waals surface area contributed by atoms with E-state index in [9.17, 15) is 4.21 Å². The van der Waals surface area contributed by atoms with Crippen molar-refractivity contribution in [3.63, 3.8) is 0 Å². The summed E-state index contributed by atoms with van der Waals surface area (Å²) in [4.78, 5) is 0. The number of hydrogen-bond acceptors (Lipinski definition) is 3. The van der Waals surface area contributed by atoms with E-state index in [4.69, 9.17) is 4.74 Å². The van der Waals surface area contributed by atoms with Gasteiger partial charge in [-0.3, -0.25) is 4.21 Å². The van der Waals surface area contributed by atoms with Gasteiger partial charge >= 0.3 is 0 Å². The third-order valence-corrected chi connectivity index (χ3v) is 4.17. The van der Waals surface area contributed by atoms with Crippen molar-refractivity contribution in [3.05, 3.63) is 42.0 Å². The van der Waals surface area contributed by atoms with Crippen LogP contribution in [0, 0.1) is 0 Å². The van der Waals surface area contributed by atoms with Crippen LogP contribution in [0.15, 0.2) is 36.4 Å². The van der Waals surface area contributed by atoms with Gasteiger partial charge in [0.2, 0.25) is 0 Å². The molecule has 0 amide bonds. The third kappa shape index (κ3) is 3.81. The molecule has 4 heteroatoms. The zero-order chi connectivity index (χ0) is 14.4. The van der Waals surface area contributed by atoms with Crippen molar-refractivity contribution in [2.75, 3.05) is 25.7 Å². The van der Waals surface area contributed by atoms with Crippen molar-refractivity contribution in [2.45, 2.75) is 13.0 Å². The van der Waals surface area contributed by atoms with E-state index in [1.165, 1.54) is 16.3 Å². The molecule has 0 aliphatic rings. The molecule has 0 saturated heterocycles. The van der Waals surface area contributed by atoms with E-state index >= 15 is 0 Å². The average molecular weight is 291 g/mol. The summed E-state index contributed by atoms with van der Waals surface area (Å²) >= 11 is 0. The second-order valence-electron chi connectivity index (χ2n) is 4.78. The Kier molecular flexibility index (Phi) is 5.56. The Balaban J connectivity index is 2.09. The van der Waals surface area contributed by atoms with Gasteiger partial charge in [-0.1, -0.05) is 30.3 Å². The van der Waals surface area contributed by atoms with E-state index in [0.717, 1.165) is 31.0 Å². The average Bonchev–Trinajstić information content (AvgIpc) is 2.46. The Morgan fingerprint density at radius 1 is 1.20 bits per heavy atom. The summed E-state index contributed by atoms with van der Waals surface area (Å²) in [6.07, 6.45) is 2.67. The van der Waals surface area contributed by atoms with E-state index in [1.54, 1.807) is 13.4 Å². The smallest absolute Gasteiger partial charge is 0.123 e. The van der Waals surface area contributed by atoms with Gasteiger partial charge in [0, 0.05) is 34.9 Å². The van der Waals surface area contributed by atoms with E-state index in [1.807, 2.05) is 18.2 Å². The number of ether oxygens (including phenoxy) is 1. The molecule has 0 aromatic heterocycles. The SMILES string of the molecule is COc1ccc2ccccc2c1CNCCCS(C)=O. The molecule has 0 aliphatic carbocycles. The van der Waals surface area contributed by atoms with E-state index in [2.05, 4.69) is 23.5 Å². The highest BCUT2D eigenvalue weighted by Gasteiger charge is 2.07. The highest BCUT2D eigenvalue weighted by atomic mass is 32.2. The fourth-order valence-electron chi connectivity index (χ4n) is 2.30. The largest absolute Gasteiger partial charge is 0.496 e. The molecule has 0 heterocycles. The molecule has 1 N–H and O–H groups in total. The van der Waals surface area contributed by atoms with Crippen LogP contribution in [0.5, 0.6) is 5.75 Å². The number of fused-ring (bicyclic) bond motifs is 1. The van der Waals surface area contributed by atoms with Gasteiger partial charge in [0.05, 0.1) is 7.11 Å². The zero-order valence-electron chi connectivity index (χ0n) is 12.0. The second-order valence-corrected chi connectivity index (χ2v) is 6.33. The molecule has 1 unspecified atom stereocenters. The summed E-state index contributed by atoms with van der Waals surface area (Å²) < 4.78 is 16.5. The first-order valence-corrected chi connectivity index (χ1v) is 8.50. The molecule has 0 spiro atoms. The van der Waals surface area contributed by atoms with Gasteiger partial charge in [0.25, 0.3) is 0 Å². The van der Waals surface area contributed by atoms with Gasteiger partial charge in [0.1, 0.15) is 5.75 Å². The summed E-state index contributed by atoms with van der Waals surface area (Å²) in [6, 6.07) is 12.4. The van der Waals surface area contributed by atoms with Gasteiger partial charge in [-0.05, 0) is 29.8 Å². The maximum Gasteiger partial charge on any atom is 0.123 e. The van der Waals surface area contributed by atoms with Crippen LogP contribution >= 0.6 is 0 Å². The fraction of sp³-hybridized carbons (Fsp3) is 0.375. The van der Waals surface area contributed by atoms with Crippen LogP contribution < -0.4 is 10.1 Å². The lowest BCUT2D eigenvalue weighted by Gasteiger charge is -2.13. The Morgan fingerprint density at radius 3 is 2.75 bits per heavy atom. The van der Waals surface area contributed by atoms with Crippen molar-refractivity contribution in [1.82, 2.24) is 5.32 Å². The highest BCUT2D eigenvalue weighted by Crippen LogP contribution is 2.27. The maximum atomic E-state index is 11.0. The summed E-state index contributed by atoms with van der Waals surface area (Å²) in [5.41, 5.74) is 1.18. The molecule has 0 saturated carbocycles. The second kappa shape index (κ2) is 7.41. The predicted molar refractivity (Wildman–Crippen MR) is 85.8 cm³/mol. The Morgan fingerprint density at radius 2 is 2.00 bits per heavy atom. The maximum absolute atomic E-state index is 11.0. The van der Waals surface area contributed by atoms with Gasteiger partial charge in [-0.2, -0.15) is 0 Å². The predicted octanol–water partition coefficient (Wildman–Crippen LogP) is 2.71. The van der Waals surface area contributed by atoms with Crippen LogP contribution in [0.2, 0.25) is 0 Å². The molecule has 3 nitrogen and oxygen atoms in total. The lowest BCUT2D eigenvalue weighted by atomic mass is 10.0. The Bertz CT molecular complexity index is 598. The molecule has 0 bridgehead atoms. The molecular weight excluding hydrogens is 270 g/mol. The fourth-order valence-corrected chi connectivity index (χ4v) is 2.85. The summed E-state index contributed by atoms with van der Waals surface area (Å²) in [6.45, 7) is 1.63. The lowest BCUT2D eigenvalue weighted by molar-refractivity contribution is 0.408. The first-order chi connectivity index (χ1) is 9.72. The number of nitrogens with one attached hydrogen (secondary N) is 1. The van der Waals surface area contributed by atoms with Crippen LogP contribution in [0.1, 0.15) is 12.0 Å². The highest BCUT2D eigenvalue weighted by molar-refractivity contribution is 7.84. The first kappa shape index (κ1) is 15.0. The van der Waals surface area contributed by atoms with Gasteiger partial charge < -0.3 is 10.1 Å². The molecule has 0 fully saturated rings. The number of methoxy groups -OCH3 is 1. The van der Waals surface area contributed by atoms with Crippen molar-refractivity contribution in [1.29, 1.82) is 0 Å². The molecule has 20 heavy (non-hydrogen) atoms. The normalized spacial score (nSPS) is 12.5. The molecule has 0 radical (unpaired) electrons. The van der Waals surface area contributed by atoms with E-state index in [-0.39, 0.29) is 0 Å². The van der Waals surface area contributed by atoms with Crippen molar-refractivity contribution in [3.8, 4) is 5.75 Å². The number of benzene rings is 2. The molecule has 1 atom stereocenters. The number of rotatable bonds is 7. The Hall–Kier alpha value is -1.39. The minimum atomic E-state index is -0.706. The van der Waals surface area contributed by atoms with Gasteiger partial charge in [-0.25, -0.2) is 0 Å². The molecule has 0 aliphatic heterocycles. The van der Waals surface area contributed by atoms with Crippen LogP contribution in [0.25, 0.3) is 10.8 Å². The molecule has 2 aromatic carbocycles. The summed E-state index contributed by atoms with van der Waals surface area (Å²) in [7, 11) is 0.996. The molecule has 2 rings (SSSR count). The van der Waals surface area contributed by atoms with E-state index in [0.29, 0.717) is 0 Å². The van der Waals surface area contributed by atoms with Crippen molar-refractivity contribution in [2.24, 2.45) is 0 Å². The van der Waals surface area contributed by atoms with Crippen LogP contribution in [0.3, 0.4) is 0 Å². The van der Waals surface area contributed by atoms with Gasteiger partial charge in [0.15, 0.2) is 0 Å². The first-order valence-electron chi connectivity index (χ1n) is 6.77. The summed E-state index contributed by atoms with van der Waals surface area (Å²) in [5, 5.41) is 5.85. The molecule has 2 aromatic rings. The van der Waals surface area contributed by atoms with Crippen LogP contribution in [0.4, 0.5) is 0 Å².